The average Bonchev–Trinajstić information content (AvgIpc) is 3.14. The molecule has 0 heterocycles. The van der Waals surface area contributed by atoms with Crippen LogP contribution in [0.1, 0.15) is 25.0 Å². The molecule has 312 valence electrons. The number of amides is 2. The summed E-state index contributed by atoms with van der Waals surface area (Å²) in [7, 11) is 0. The third-order valence-corrected chi connectivity index (χ3v) is 7.62. The first-order valence-electron chi connectivity index (χ1n) is 15.6. The summed E-state index contributed by atoms with van der Waals surface area (Å²) in [4.78, 5) is 44.6. The summed E-state index contributed by atoms with van der Waals surface area (Å²) in [5, 5.41) is 46.2. The lowest BCUT2D eigenvalue weighted by Gasteiger charge is -2.23. The van der Waals surface area contributed by atoms with Gasteiger partial charge >= 0.3 is 0 Å². The van der Waals surface area contributed by atoms with Gasteiger partial charge in [-0.2, -0.15) is 17.6 Å². The van der Waals surface area contributed by atoms with Gasteiger partial charge in [0.2, 0.25) is 58.2 Å². The van der Waals surface area contributed by atoms with Crippen molar-refractivity contribution in [1.29, 1.82) is 0 Å². The molecule has 0 aromatic heterocycles. The second kappa shape index (κ2) is 17.7. The molecule has 0 saturated carbocycles. The van der Waals surface area contributed by atoms with Crippen LogP contribution in [0.5, 0.6) is 11.5 Å². The normalized spacial score (nSPS) is 13.0. The van der Waals surface area contributed by atoms with E-state index in [2.05, 4.69) is 20.1 Å². The number of aryl methyl sites for hydroxylation is 2. The molecule has 0 saturated heterocycles. The van der Waals surface area contributed by atoms with Crippen LogP contribution in [0.15, 0.2) is 36.4 Å². The van der Waals surface area contributed by atoms with Gasteiger partial charge in [-0.05, 0) is 52.0 Å². The summed E-state index contributed by atoms with van der Waals surface area (Å²) in [6.45, 7) is 2.21. The number of halogens is 10. The van der Waals surface area contributed by atoms with Crippen LogP contribution in [-0.4, -0.2) is 56.3 Å². The molecular weight excluding hydrogens is 814 g/mol. The third kappa shape index (κ3) is 10.0. The number of carbonyl (C=O) groups excluding carboxylic acids is 2. The molecule has 0 aliphatic rings. The fraction of sp³-hybridized carbons (Fsp3) is 0.235. The van der Waals surface area contributed by atoms with E-state index in [4.69, 9.17) is 0 Å². The van der Waals surface area contributed by atoms with Crippen LogP contribution in [0, 0.1) is 92.2 Å². The lowest BCUT2D eigenvalue weighted by Crippen LogP contribution is -2.45. The van der Waals surface area contributed by atoms with Gasteiger partial charge in [-0.25, -0.2) is 26.3 Å². The number of hydrogen-bond acceptors (Lipinski definition) is 10. The Morgan fingerprint density at radius 1 is 0.569 bits per heavy atom. The first kappa shape index (κ1) is 45.8. The molecular formula is C34H26F10N4O10. The summed E-state index contributed by atoms with van der Waals surface area (Å²) >= 11 is 0. The first-order valence-corrected chi connectivity index (χ1v) is 15.6. The number of rotatable bonds is 12. The highest BCUT2D eigenvalue weighted by molar-refractivity contribution is 5.97. The number of nitro benzene ring substituents is 2. The number of nitrogens with zero attached hydrogens (tertiary/aromatic N) is 2. The van der Waals surface area contributed by atoms with Crippen molar-refractivity contribution in [3.8, 4) is 11.5 Å². The van der Waals surface area contributed by atoms with Crippen molar-refractivity contribution in [3.63, 3.8) is 0 Å². The Morgan fingerprint density at radius 3 is 1.07 bits per heavy atom. The zero-order valence-electron chi connectivity index (χ0n) is 29.7. The minimum atomic E-state index is -2.46. The quantitative estimate of drug-likeness (QED) is 0.0389. The topological polar surface area (TPSA) is 203 Å². The van der Waals surface area contributed by atoms with E-state index < -0.39 is 116 Å². The maximum atomic E-state index is 13.6. The number of ether oxygens (including phenoxy) is 2. The molecule has 0 radical (unpaired) electrons. The van der Waals surface area contributed by atoms with Crippen molar-refractivity contribution in [2.75, 3.05) is 23.8 Å². The van der Waals surface area contributed by atoms with Gasteiger partial charge in [0.05, 0.1) is 9.85 Å². The monoisotopic (exact) mass is 840 g/mol. The third-order valence-electron chi connectivity index (χ3n) is 7.62. The Morgan fingerprint density at radius 2 is 0.828 bits per heavy atom. The number of nitrogens with one attached hydrogen (secondary N) is 2. The second-order valence-electron chi connectivity index (χ2n) is 12.3. The number of nitro groups is 2. The summed E-state index contributed by atoms with van der Waals surface area (Å²) in [6.07, 6.45) is 0. The van der Waals surface area contributed by atoms with Crippen LogP contribution >= 0.6 is 0 Å². The van der Waals surface area contributed by atoms with E-state index in [0.717, 1.165) is 26.0 Å². The number of benzene rings is 4. The van der Waals surface area contributed by atoms with Gasteiger partial charge in [0.1, 0.15) is 13.2 Å². The van der Waals surface area contributed by atoms with E-state index in [0.29, 0.717) is 0 Å². The molecule has 0 aliphatic heterocycles. The molecule has 0 fully saturated rings. The van der Waals surface area contributed by atoms with Gasteiger partial charge in [-0.1, -0.05) is 0 Å². The number of hydrogen-bond donors (Lipinski definition) is 4. The minimum Gasteiger partial charge on any atom is -0.484 e. The number of anilines is 2. The van der Waals surface area contributed by atoms with E-state index in [1.165, 1.54) is 38.1 Å². The molecule has 14 nitrogen and oxygen atoms in total. The molecule has 0 aliphatic carbocycles. The molecule has 58 heavy (non-hydrogen) atoms. The van der Waals surface area contributed by atoms with Crippen molar-refractivity contribution in [2.45, 2.75) is 38.9 Å². The van der Waals surface area contributed by atoms with Gasteiger partial charge in [0.15, 0.2) is 22.7 Å². The SMILES string of the molecule is Cc1cc(NC(=O)C(C)(O)COc2c(F)c(F)c(F)c(F)c2F)ccc1[N+](=O)[O-].Cc1cc(NC(=O)C(C)(O)COc2c(F)c(F)c(F)c(F)c2F)ccc1[N+](=O)[O-]. The molecule has 2 unspecified atom stereocenters. The highest BCUT2D eigenvalue weighted by atomic mass is 19.2. The highest BCUT2D eigenvalue weighted by Gasteiger charge is 2.36. The summed E-state index contributed by atoms with van der Waals surface area (Å²) < 4.78 is 142. The van der Waals surface area contributed by atoms with Gasteiger partial charge in [-0.3, -0.25) is 29.8 Å². The van der Waals surface area contributed by atoms with Crippen LogP contribution in [0.25, 0.3) is 0 Å². The first-order chi connectivity index (χ1) is 26.7. The van der Waals surface area contributed by atoms with Crippen molar-refractivity contribution < 1.29 is 83.0 Å². The van der Waals surface area contributed by atoms with Crippen molar-refractivity contribution >= 4 is 34.6 Å². The molecule has 2 amide bonds. The van der Waals surface area contributed by atoms with Crippen LogP contribution in [-0.2, 0) is 9.59 Å². The molecule has 4 N–H and O–H groups in total. The maximum absolute atomic E-state index is 13.6. The van der Waals surface area contributed by atoms with Crippen molar-refractivity contribution in [2.24, 2.45) is 0 Å². The Kier molecular flexibility index (Phi) is 14.0. The van der Waals surface area contributed by atoms with Gasteiger partial charge < -0.3 is 30.3 Å². The smallest absolute Gasteiger partial charge is 0.272 e. The van der Waals surface area contributed by atoms with E-state index in [-0.39, 0.29) is 33.9 Å². The standard InChI is InChI=1S/2C17H13F5N2O5/c2*1-7-5-8(3-4-9(7)24(27)28)23-16(25)17(2,26)6-29-15-13(21)11(19)10(18)12(20)14(15)22/h2*3-5,26H,6H2,1-2H3,(H,23,25). The molecule has 4 aromatic rings. The van der Waals surface area contributed by atoms with Crippen LogP contribution in [0.4, 0.5) is 66.7 Å². The Bertz CT molecular complexity index is 2090. The molecule has 0 spiro atoms. The number of carbonyl (C=O) groups is 2. The van der Waals surface area contributed by atoms with Crippen molar-refractivity contribution in [3.05, 3.63) is 126 Å². The lowest BCUT2D eigenvalue weighted by molar-refractivity contribution is -0.385. The van der Waals surface area contributed by atoms with Gasteiger partial charge in [0, 0.05) is 34.6 Å². The molecule has 24 heteroatoms. The summed E-state index contributed by atoms with van der Waals surface area (Å²) in [5.74, 6) is -28.4. The number of aliphatic hydroxyl groups is 2. The van der Waals surface area contributed by atoms with Crippen LogP contribution in [0.2, 0.25) is 0 Å². The largest absolute Gasteiger partial charge is 0.484 e. The van der Waals surface area contributed by atoms with Crippen LogP contribution < -0.4 is 20.1 Å². The molecule has 2 atom stereocenters. The Balaban J connectivity index is 0.000000310. The zero-order valence-corrected chi connectivity index (χ0v) is 29.7. The van der Waals surface area contributed by atoms with Gasteiger partial charge in [-0.15, -0.1) is 0 Å². The summed E-state index contributed by atoms with van der Waals surface area (Å²) in [5.41, 5.74) is -4.86. The maximum Gasteiger partial charge on any atom is 0.272 e. The van der Waals surface area contributed by atoms with E-state index in [9.17, 15) is 83.9 Å². The minimum absolute atomic E-state index is 0.0506. The average molecular weight is 841 g/mol. The Labute approximate surface area is 317 Å². The van der Waals surface area contributed by atoms with E-state index in [1.807, 2.05) is 0 Å². The fourth-order valence-electron chi connectivity index (χ4n) is 4.39. The predicted molar refractivity (Wildman–Crippen MR) is 178 cm³/mol. The Hall–Kier alpha value is -6.56. The summed E-state index contributed by atoms with van der Waals surface area (Å²) in [6, 6.07) is 7.01. The molecule has 0 bridgehead atoms. The highest BCUT2D eigenvalue weighted by Crippen LogP contribution is 2.32. The van der Waals surface area contributed by atoms with Gasteiger partial charge in [0.25, 0.3) is 23.2 Å². The predicted octanol–water partition coefficient (Wildman–Crippen LogP) is 6.73. The molecule has 4 aromatic carbocycles. The fourth-order valence-corrected chi connectivity index (χ4v) is 4.39. The molecule has 4 rings (SSSR count). The second-order valence-corrected chi connectivity index (χ2v) is 12.3. The zero-order chi connectivity index (χ0) is 44.2. The van der Waals surface area contributed by atoms with Crippen molar-refractivity contribution in [1.82, 2.24) is 0 Å². The van der Waals surface area contributed by atoms with E-state index in [1.54, 1.807) is 0 Å². The van der Waals surface area contributed by atoms with E-state index >= 15 is 0 Å². The van der Waals surface area contributed by atoms with Crippen LogP contribution in [0.3, 0.4) is 0 Å². The lowest BCUT2D eigenvalue weighted by atomic mass is 10.1.